The Morgan fingerprint density at radius 3 is 2.79 bits per heavy atom. The monoisotopic (exact) mass is 499 g/mol. The Hall–Kier alpha value is -2.82. The van der Waals surface area contributed by atoms with Crippen molar-refractivity contribution < 1.29 is 9.90 Å². The number of thiophene rings is 1. The average molecular weight is 500 g/mol. The van der Waals surface area contributed by atoms with Crippen molar-refractivity contribution >= 4 is 39.9 Å². The third-order valence-electron chi connectivity index (χ3n) is 6.12. The third-order valence-corrected chi connectivity index (χ3v) is 7.35. The van der Waals surface area contributed by atoms with Gasteiger partial charge in [-0.3, -0.25) is 4.79 Å². The zero-order chi connectivity index (χ0) is 23.8. The summed E-state index contributed by atoms with van der Waals surface area (Å²) < 4.78 is 2.70. The van der Waals surface area contributed by atoms with E-state index >= 15 is 0 Å². The highest BCUT2D eigenvalue weighted by molar-refractivity contribution is 7.18. The third kappa shape index (κ3) is 4.45. The molecule has 0 bridgehead atoms. The van der Waals surface area contributed by atoms with Crippen molar-refractivity contribution in [3.05, 3.63) is 51.8 Å². The number of aliphatic hydroxyl groups is 1. The molecule has 178 valence electrons. The quantitative estimate of drug-likeness (QED) is 0.417. The van der Waals surface area contributed by atoms with E-state index in [2.05, 4.69) is 38.9 Å². The number of fused-ring (bicyclic) bond motifs is 1. The molecule has 1 fully saturated rings. The Balaban J connectivity index is 1.50. The molecule has 0 aliphatic heterocycles. The summed E-state index contributed by atoms with van der Waals surface area (Å²) in [6.45, 7) is 4.29. The van der Waals surface area contributed by atoms with Crippen LogP contribution in [0.25, 0.3) is 16.9 Å². The topological polar surface area (TPSA) is 111 Å². The molecule has 3 atom stereocenters. The van der Waals surface area contributed by atoms with Crippen LogP contribution in [0.3, 0.4) is 0 Å². The molecule has 1 saturated carbocycles. The van der Waals surface area contributed by atoms with E-state index in [0.29, 0.717) is 27.4 Å². The number of carbonyl (C=O) groups is 1. The number of rotatable bonds is 6. The molecule has 1 amide bonds. The van der Waals surface area contributed by atoms with Gasteiger partial charge in [-0.15, -0.1) is 16.1 Å². The molecule has 1 aliphatic carbocycles. The van der Waals surface area contributed by atoms with Crippen LogP contribution in [-0.2, 0) is 6.42 Å². The smallest absolute Gasteiger partial charge is 0.261 e. The molecule has 4 aromatic rings. The number of hydrogen-bond acceptors (Lipinski definition) is 7. The lowest BCUT2D eigenvalue weighted by Crippen LogP contribution is -2.49. The number of imidazole rings is 1. The van der Waals surface area contributed by atoms with Crippen molar-refractivity contribution in [1.82, 2.24) is 34.8 Å². The molecule has 4 heterocycles. The lowest BCUT2D eigenvalue weighted by Gasteiger charge is -2.37. The number of carbonyl (C=O) groups excluding carboxylic acids is 1. The highest BCUT2D eigenvalue weighted by atomic mass is 35.5. The molecular formula is C23H26ClN7O2S. The molecule has 0 aromatic carbocycles. The number of aliphatic hydroxyl groups excluding tert-OH is 1. The molecule has 0 spiro atoms. The minimum Gasteiger partial charge on any atom is -0.389 e. The van der Waals surface area contributed by atoms with E-state index in [-0.39, 0.29) is 18.0 Å². The Morgan fingerprint density at radius 2 is 2.09 bits per heavy atom. The van der Waals surface area contributed by atoms with Crippen LogP contribution >= 0.6 is 22.9 Å². The first-order valence-electron chi connectivity index (χ1n) is 11.4. The van der Waals surface area contributed by atoms with E-state index in [1.807, 2.05) is 6.07 Å². The van der Waals surface area contributed by atoms with Gasteiger partial charge in [0.15, 0.2) is 5.82 Å². The van der Waals surface area contributed by atoms with E-state index < -0.39 is 6.10 Å². The minimum atomic E-state index is -0.768. The number of halogens is 1. The summed E-state index contributed by atoms with van der Waals surface area (Å²) in [7, 11) is 0. The summed E-state index contributed by atoms with van der Waals surface area (Å²) in [4.78, 5) is 24.1. The first kappa shape index (κ1) is 22.9. The fraction of sp³-hybridized carbons (Fsp3) is 0.435. The van der Waals surface area contributed by atoms with Crippen LogP contribution in [-0.4, -0.2) is 52.7 Å². The van der Waals surface area contributed by atoms with Gasteiger partial charge < -0.3 is 15.0 Å². The largest absolute Gasteiger partial charge is 0.389 e. The highest BCUT2D eigenvalue weighted by Gasteiger charge is 2.36. The van der Waals surface area contributed by atoms with Gasteiger partial charge >= 0.3 is 0 Å². The number of pyridine rings is 1. The van der Waals surface area contributed by atoms with E-state index in [4.69, 9.17) is 16.6 Å². The molecule has 4 aromatic heterocycles. The van der Waals surface area contributed by atoms with Gasteiger partial charge in [0.2, 0.25) is 0 Å². The average Bonchev–Trinajstić information content (AvgIpc) is 3.54. The second-order valence-corrected chi connectivity index (χ2v) is 10.7. The Morgan fingerprint density at radius 1 is 1.29 bits per heavy atom. The summed E-state index contributed by atoms with van der Waals surface area (Å²) >= 11 is 7.22. The van der Waals surface area contributed by atoms with E-state index in [1.165, 1.54) is 16.1 Å². The van der Waals surface area contributed by atoms with E-state index in [0.717, 1.165) is 36.1 Å². The minimum absolute atomic E-state index is 0.212. The second-order valence-electron chi connectivity index (χ2n) is 9.02. The van der Waals surface area contributed by atoms with Gasteiger partial charge in [0, 0.05) is 12.5 Å². The predicted octanol–water partition coefficient (Wildman–Crippen LogP) is 3.81. The molecular weight excluding hydrogens is 474 g/mol. The Bertz CT molecular complexity index is 1300. The number of amides is 1. The highest BCUT2D eigenvalue weighted by Crippen LogP contribution is 2.34. The van der Waals surface area contributed by atoms with Crippen LogP contribution in [0.2, 0.25) is 4.34 Å². The number of nitrogens with one attached hydrogen (secondary N) is 1. The van der Waals surface area contributed by atoms with Gasteiger partial charge in [0.25, 0.3) is 5.91 Å². The molecule has 11 heteroatoms. The zero-order valence-corrected chi connectivity index (χ0v) is 20.5. The number of hydrogen-bond donors (Lipinski definition) is 2. The van der Waals surface area contributed by atoms with Gasteiger partial charge in [-0.25, -0.2) is 9.97 Å². The standard InChI is InChI=1S/C23H26ClN7O2S/c1-13(2)10-21-28-15-12-25-20(31-26-8-9-27-31)11-17(15)30(21)16-5-3-4-14(22(16)32)29-23(33)18-6-7-19(24)34-18/h6-9,11-14,16,22,32H,3-5,10H2,1-2H3,(H,29,33)/t14-,16+,22+/m0/s1. The SMILES string of the molecule is CC(C)Cc1nc2cnc(-n3nccn3)cc2n1[C@@H]1CCC[C@H](NC(=O)c2ccc(Cl)s2)[C@H]1O. The van der Waals surface area contributed by atoms with E-state index in [1.54, 1.807) is 30.7 Å². The lowest BCUT2D eigenvalue weighted by atomic mass is 9.87. The Kier molecular flexibility index (Phi) is 6.37. The Labute approximate surface area is 205 Å². The fourth-order valence-electron chi connectivity index (χ4n) is 4.63. The van der Waals surface area contributed by atoms with Crippen molar-refractivity contribution in [2.75, 3.05) is 0 Å². The summed E-state index contributed by atoms with van der Waals surface area (Å²) in [6.07, 6.45) is 7.29. The van der Waals surface area contributed by atoms with Gasteiger partial charge in [0.1, 0.15) is 11.3 Å². The fourth-order valence-corrected chi connectivity index (χ4v) is 5.58. The molecule has 0 radical (unpaired) electrons. The molecule has 5 rings (SSSR count). The predicted molar refractivity (Wildman–Crippen MR) is 130 cm³/mol. The zero-order valence-electron chi connectivity index (χ0n) is 18.9. The van der Waals surface area contributed by atoms with Crippen LogP contribution < -0.4 is 5.32 Å². The van der Waals surface area contributed by atoms with Crippen molar-refractivity contribution in [3.8, 4) is 5.82 Å². The maximum atomic E-state index is 12.8. The van der Waals surface area contributed by atoms with Crippen LogP contribution in [0, 0.1) is 5.92 Å². The van der Waals surface area contributed by atoms with Crippen LogP contribution in [0.5, 0.6) is 0 Å². The van der Waals surface area contributed by atoms with Gasteiger partial charge in [-0.2, -0.15) is 10.2 Å². The van der Waals surface area contributed by atoms with Crippen LogP contribution in [0.15, 0.2) is 36.8 Å². The summed E-state index contributed by atoms with van der Waals surface area (Å²) in [5.41, 5.74) is 1.64. The maximum absolute atomic E-state index is 12.8. The molecule has 0 unspecified atom stereocenters. The van der Waals surface area contributed by atoms with Crippen molar-refractivity contribution in [2.24, 2.45) is 5.92 Å². The molecule has 0 saturated heterocycles. The molecule has 34 heavy (non-hydrogen) atoms. The summed E-state index contributed by atoms with van der Waals surface area (Å²) in [5, 5.41) is 22.8. The molecule has 2 N–H and O–H groups in total. The second kappa shape index (κ2) is 9.44. The molecule has 9 nitrogen and oxygen atoms in total. The van der Waals surface area contributed by atoms with Gasteiger partial charge in [-0.05, 0) is 37.3 Å². The lowest BCUT2D eigenvalue weighted by molar-refractivity contribution is 0.0403. The van der Waals surface area contributed by atoms with Crippen molar-refractivity contribution in [3.63, 3.8) is 0 Å². The van der Waals surface area contributed by atoms with Crippen LogP contribution in [0.4, 0.5) is 0 Å². The molecule has 1 aliphatic rings. The maximum Gasteiger partial charge on any atom is 0.261 e. The van der Waals surface area contributed by atoms with Crippen molar-refractivity contribution in [1.29, 1.82) is 0 Å². The first-order valence-corrected chi connectivity index (χ1v) is 12.6. The normalized spacial score (nSPS) is 20.8. The first-order chi connectivity index (χ1) is 16.4. The van der Waals surface area contributed by atoms with Gasteiger partial charge in [-0.1, -0.05) is 25.4 Å². The van der Waals surface area contributed by atoms with Gasteiger partial charge in [0.05, 0.1) is 51.5 Å². The van der Waals surface area contributed by atoms with Crippen LogP contribution in [0.1, 0.15) is 54.6 Å². The summed E-state index contributed by atoms with van der Waals surface area (Å²) in [5.74, 6) is 1.66. The number of nitrogens with zero attached hydrogens (tertiary/aromatic N) is 6. The van der Waals surface area contributed by atoms with Crippen molar-refractivity contribution in [2.45, 2.75) is 57.7 Å². The summed E-state index contributed by atoms with van der Waals surface area (Å²) in [6, 6.07) is 4.72. The number of aromatic nitrogens is 6. The van der Waals surface area contributed by atoms with E-state index in [9.17, 15) is 9.90 Å².